The molecule has 1 N–H and O–H groups in total. The van der Waals surface area contributed by atoms with Gasteiger partial charge in [-0.3, -0.25) is 14.5 Å². The molecule has 4 rings (SSSR count). The number of amides is 1. The average molecular weight is 452 g/mol. The summed E-state index contributed by atoms with van der Waals surface area (Å²) in [5, 5.41) is 11.7. The first kappa shape index (κ1) is 21.2. The van der Waals surface area contributed by atoms with E-state index < -0.39 is 17.7 Å². The van der Waals surface area contributed by atoms with Crippen molar-refractivity contribution < 1.29 is 14.7 Å². The molecule has 156 valence electrons. The van der Waals surface area contributed by atoms with E-state index in [1.165, 1.54) is 17.0 Å². The normalized spacial score (nSPS) is 17.9. The predicted octanol–water partition coefficient (Wildman–Crippen LogP) is 6.24. The fourth-order valence-electron chi connectivity index (χ4n) is 3.91. The van der Waals surface area contributed by atoms with E-state index in [1.807, 2.05) is 62.4 Å². The molecule has 4 nitrogen and oxygen atoms in total. The van der Waals surface area contributed by atoms with Crippen molar-refractivity contribution in [3.05, 3.63) is 105 Å². The Morgan fingerprint density at radius 2 is 1.61 bits per heavy atom. The molecule has 0 aliphatic carbocycles. The molecule has 3 aromatic rings. The Labute approximate surface area is 190 Å². The summed E-state index contributed by atoms with van der Waals surface area (Å²) in [7, 11) is 0. The number of carbonyl (C=O) groups is 2. The fourth-order valence-corrected chi connectivity index (χ4v) is 4.20. The molecule has 1 saturated heterocycles. The lowest BCUT2D eigenvalue weighted by molar-refractivity contribution is -0.132. The minimum absolute atomic E-state index is 0.00886. The third kappa shape index (κ3) is 3.73. The lowest BCUT2D eigenvalue weighted by atomic mass is 9.95. The van der Waals surface area contributed by atoms with Crippen LogP contribution in [-0.4, -0.2) is 16.8 Å². The Bertz CT molecular complexity index is 1230. The van der Waals surface area contributed by atoms with Crippen LogP contribution in [0, 0.1) is 13.8 Å². The lowest BCUT2D eigenvalue weighted by Crippen LogP contribution is -2.30. The van der Waals surface area contributed by atoms with Crippen molar-refractivity contribution in [1.29, 1.82) is 0 Å². The van der Waals surface area contributed by atoms with Gasteiger partial charge in [0.25, 0.3) is 11.7 Å². The number of ketones is 1. The topological polar surface area (TPSA) is 57.6 Å². The van der Waals surface area contributed by atoms with Crippen molar-refractivity contribution in [1.82, 2.24) is 0 Å². The Kier molecular flexibility index (Phi) is 5.61. The van der Waals surface area contributed by atoms with Crippen molar-refractivity contribution in [2.45, 2.75) is 19.9 Å². The molecular formula is C25H19Cl2NO3. The van der Waals surface area contributed by atoms with Crippen LogP contribution < -0.4 is 4.90 Å². The molecular weight excluding hydrogens is 433 g/mol. The molecule has 0 radical (unpaired) electrons. The van der Waals surface area contributed by atoms with Crippen LogP contribution in [0.15, 0.2) is 72.3 Å². The van der Waals surface area contributed by atoms with Crippen LogP contribution in [0.2, 0.25) is 10.0 Å². The molecule has 1 atom stereocenters. The number of aliphatic hydroxyl groups excluding tert-OH is 1. The highest BCUT2D eigenvalue weighted by atomic mass is 35.5. The molecule has 0 aromatic heterocycles. The van der Waals surface area contributed by atoms with Gasteiger partial charge in [-0.15, -0.1) is 0 Å². The van der Waals surface area contributed by atoms with E-state index in [0.717, 1.165) is 11.1 Å². The van der Waals surface area contributed by atoms with Gasteiger partial charge >= 0.3 is 0 Å². The summed E-state index contributed by atoms with van der Waals surface area (Å²) in [4.78, 5) is 27.8. The molecule has 0 bridgehead atoms. The second-order valence-corrected chi connectivity index (χ2v) is 8.31. The number of nitrogens with zero attached hydrogens (tertiary/aromatic N) is 1. The van der Waals surface area contributed by atoms with Crippen LogP contribution >= 0.6 is 23.2 Å². The Hall–Kier alpha value is -3.08. The molecule has 0 saturated carbocycles. The summed E-state index contributed by atoms with van der Waals surface area (Å²) in [5.41, 5.74) is 3.56. The zero-order valence-corrected chi connectivity index (χ0v) is 18.4. The molecule has 1 aliphatic heterocycles. The molecule has 1 heterocycles. The monoisotopic (exact) mass is 451 g/mol. The van der Waals surface area contributed by atoms with Crippen LogP contribution in [0.25, 0.3) is 5.76 Å². The molecule has 1 unspecified atom stereocenters. The zero-order valence-electron chi connectivity index (χ0n) is 16.9. The quantitative estimate of drug-likeness (QED) is 0.291. The predicted molar refractivity (Wildman–Crippen MR) is 124 cm³/mol. The van der Waals surface area contributed by atoms with Gasteiger partial charge in [0.15, 0.2) is 0 Å². The molecule has 1 amide bonds. The van der Waals surface area contributed by atoms with Crippen LogP contribution in [0.1, 0.15) is 28.3 Å². The van der Waals surface area contributed by atoms with Crippen LogP contribution in [0.3, 0.4) is 0 Å². The van der Waals surface area contributed by atoms with Gasteiger partial charge in [-0.1, -0.05) is 71.2 Å². The van der Waals surface area contributed by atoms with Crippen molar-refractivity contribution in [3.63, 3.8) is 0 Å². The van der Waals surface area contributed by atoms with Crippen LogP contribution in [-0.2, 0) is 9.59 Å². The fraction of sp³-hybridized carbons (Fsp3) is 0.120. The van der Waals surface area contributed by atoms with Gasteiger partial charge in [0.05, 0.1) is 21.7 Å². The maximum absolute atomic E-state index is 13.2. The van der Waals surface area contributed by atoms with Crippen LogP contribution in [0.4, 0.5) is 5.69 Å². The van der Waals surface area contributed by atoms with Gasteiger partial charge in [-0.2, -0.15) is 0 Å². The number of aryl methyl sites for hydroxylation is 2. The van der Waals surface area contributed by atoms with Crippen molar-refractivity contribution >= 4 is 46.3 Å². The Morgan fingerprint density at radius 1 is 0.903 bits per heavy atom. The van der Waals surface area contributed by atoms with Gasteiger partial charge in [0.2, 0.25) is 0 Å². The third-order valence-corrected chi connectivity index (χ3v) is 6.10. The van der Waals surface area contributed by atoms with Crippen molar-refractivity contribution in [2.75, 3.05) is 4.90 Å². The largest absolute Gasteiger partial charge is 0.507 e. The minimum Gasteiger partial charge on any atom is -0.507 e. The highest BCUT2D eigenvalue weighted by molar-refractivity contribution is 6.52. The van der Waals surface area contributed by atoms with E-state index >= 15 is 0 Å². The second-order valence-electron chi connectivity index (χ2n) is 7.50. The number of benzene rings is 3. The van der Waals surface area contributed by atoms with Gasteiger partial charge in [0, 0.05) is 11.3 Å². The summed E-state index contributed by atoms with van der Waals surface area (Å²) in [6, 6.07) is 18.6. The first-order valence-corrected chi connectivity index (χ1v) is 10.4. The molecule has 1 aliphatic rings. The summed E-state index contributed by atoms with van der Waals surface area (Å²) < 4.78 is 0. The highest BCUT2D eigenvalue weighted by Gasteiger charge is 2.47. The number of anilines is 1. The first-order chi connectivity index (χ1) is 14.8. The summed E-state index contributed by atoms with van der Waals surface area (Å²) >= 11 is 12.1. The number of hydrogen-bond acceptors (Lipinski definition) is 3. The Morgan fingerprint density at radius 3 is 2.26 bits per heavy atom. The minimum atomic E-state index is -0.781. The first-order valence-electron chi connectivity index (χ1n) is 9.68. The van der Waals surface area contributed by atoms with Crippen molar-refractivity contribution in [2.24, 2.45) is 0 Å². The van der Waals surface area contributed by atoms with Gasteiger partial charge in [-0.05, 0) is 49.2 Å². The SMILES string of the molecule is Cc1ccc(N2C(=O)C(=O)/C(=C(/O)c3ccc(Cl)c(Cl)c3)C2c2ccccc2)c(C)c1. The standard InChI is InChI=1S/C25H19Cl2NO3/c1-14-8-11-20(15(2)12-14)28-22(16-6-4-3-5-7-16)21(24(30)25(28)31)23(29)17-9-10-18(26)19(27)13-17/h3-13,22,29H,1-2H3/b23-21+. The number of halogens is 2. The van der Waals surface area contributed by atoms with E-state index in [0.29, 0.717) is 21.8 Å². The summed E-state index contributed by atoms with van der Waals surface area (Å²) in [6.45, 7) is 3.85. The molecule has 31 heavy (non-hydrogen) atoms. The average Bonchev–Trinajstić information content (AvgIpc) is 3.01. The van der Waals surface area contributed by atoms with E-state index in [4.69, 9.17) is 23.2 Å². The van der Waals surface area contributed by atoms with E-state index in [1.54, 1.807) is 6.07 Å². The Balaban J connectivity index is 1.97. The van der Waals surface area contributed by atoms with Gasteiger partial charge in [-0.25, -0.2) is 0 Å². The summed E-state index contributed by atoms with van der Waals surface area (Å²) in [5.74, 6) is -1.74. The van der Waals surface area contributed by atoms with Crippen molar-refractivity contribution in [3.8, 4) is 0 Å². The number of aliphatic hydroxyl groups is 1. The molecule has 1 fully saturated rings. The van der Waals surface area contributed by atoms with E-state index in [-0.39, 0.29) is 16.4 Å². The zero-order chi connectivity index (χ0) is 22.3. The lowest BCUT2D eigenvalue weighted by Gasteiger charge is -2.27. The molecule has 3 aromatic carbocycles. The second kappa shape index (κ2) is 8.22. The number of hydrogen-bond donors (Lipinski definition) is 1. The maximum Gasteiger partial charge on any atom is 0.300 e. The number of Topliss-reactive ketones (excluding diaryl/α,β-unsaturated/α-hetero) is 1. The molecule has 0 spiro atoms. The van der Waals surface area contributed by atoms with Gasteiger partial charge < -0.3 is 5.11 Å². The summed E-state index contributed by atoms with van der Waals surface area (Å²) in [6.07, 6.45) is 0. The van der Waals surface area contributed by atoms with E-state index in [2.05, 4.69) is 0 Å². The smallest absolute Gasteiger partial charge is 0.300 e. The number of rotatable bonds is 3. The van der Waals surface area contributed by atoms with Crippen LogP contribution in [0.5, 0.6) is 0 Å². The van der Waals surface area contributed by atoms with E-state index in [9.17, 15) is 14.7 Å². The number of carbonyl (C=O) groups excluding carboxylic acids is 2. The highest BCUT2D eigenvalue weighted by Crippen LogP contribution is 2.43. The third-order valence-electron chi connectivity index (χ3n) is 5.36. The van der Waals surface area contributed by atoms with Gasteiger partial charge in [0.1, 0.15) is 5.76 Å². The maximum atomic E-state index is 13.2. The molecule has 6 heteroatoms.